The predicted molar refractivity (Wildman–Crippen MR) is 121 cm³/mol. The van der Waals surface area contributed by atoms with Gasteiger partial charge in [0.25, 0.3) is 0 Å². The smallest absolute Gasteiger partial charge is 0.229 e. The lowest BCUT2D eigenvalue weighted by Gasteiger charge is -2.19. The molecule has 3 amide bonds. The van der Waals surface area contributed by atoms with Crippen LogP contribution in [0.15, 0.2) is 36.4 Å². The number of hydrogen-bond acceptors (Lipinski definition) is 3. The summed E-state index contributed by atoms with van der Waals surface area (Å²) in [6, 6.07) is 11.4. The molecule has 0 saturated carbocycles. The van der Waals surface area contributed by atoms with Crippen molar-refractivity contribution in [2.75, 3.05) is 28.2 Å². The molecular weight excluding hydrogens is 414 g/mol. The van der Waals surface area contributed by atoms with Crippen molar-refractivity contribution in [3.63, 3.8) is 0 Å². The van der Waals surface area contributed by atoms with Crippen molar-refractivity contribution in [1.82, 2.24) is 0 Å². The third-order valence-electron chi connectivity index (χ3n) is 6.48. The van der Waals surface area contributed by atoms with Gasteiger partial charge in [0.15, 0.2) is 0 Å². The topological polar surface area (TPSA) is 69.7 Å². The van der Waals surface area contributed by atoms with Crippen LogP contribution in [0.2, 0.25) is 5.02 Å². The first-order valence-corrected chi connectivity index (χ1v) is 11.2. The number of carbonyl (C=O) groups excluding carboxylic acids is 3. The van der Waals surface area contributed by atoms with Crippen molar-refractivity contribution in [2.24, 2.45) is 5.92 Å². The maximum atomic E-state index is 12.9. The van der Waals surface area contributed by atoms with Crippen LogP contribution in [0.25, 0.3) is 0 Å². The number of hydrogen-bond donors (Lipinski definition) is 1. The van der Waals surface area contributed by atoms with Crippen LogP contribution in [0.4, 0.5) is 17.1 Å². The second kappa shape index (κ2) is 8.00. The number of halogens is 1. The molecule has 2 fully saturated rings. The maximum Gasteiger partial charge on any atom is 0.229 e. The van der Waals surface area contributed by atoms with Crippen LogP contribution in [0.3, 0.4) is 0 Å². The first-order valence-electron chi connectivity index (χ1n) is 10.8. The summed E-state index contributed by atoms with van der Waals surface area (Å²) in [7, 11) is 0. The van der Waals surface area contributed by atoms with Crippen molar-refractivity contribution in [3.05, 3.63) is 52.5 Å². The molecule has 0 spiro atoms. The van der Waals surface area contributed by atoms with Crippen LogP contribution >= 0.6 is 11.6 Å². The fourth-order valence-electron chi connectivity index (χ4n) is 4.79. The molecule has 1 N–H and O–H groups in total. The molecule has 0 bridgehead atoms. The molecule has 2 heterocycles. The van der Waals surface area contributed by atoms with E-state index in [4.69, 9.17) is 11.6 Å². The summed E-state index contributed by atoms with van der Waals surface area (Å²) in [6.07, 6.45) is 4.82. The highest BCUT2D eigenvalue weighted by Gasteiger charge is 2.36. The second-order valence-corrected chi connectivity index (χ2v) is 8.92. The van der Waals surface area contributed by atoms with E-state index < -0.39 is 5.92 Å². The Morgan fingerprint density at radius 2 is 1.68 bits per heavy atom. The molecule has 2 aromatic rings. The van der Waals surface area contributed by atoms with Crippen LogP contribution in [-0.2, 0) is 27.2 Å². The molecule has 6 nitrogen and oxygen atoms in total. The number of amides is 3. The van der Waals surface area contributed by atoms with Crippen molar-refractivity contribution >= 4 is 46.4 Å². The number of fused-ring (bicyclic) bond motifs is 1. The largest absolute Gasteiger partial charge is 0.324 e. The zero-order valence-corrected chi connectivity index (χ0v) is 18.0. The van der Waals surface area contributed by atoms with E-state index in [2.05, 4.69) is 17.4 Å². The molecule has 2 saturated heterocycles. The zero-order valence-electron chi connectivity index (χ0n) is 17.2. The lowest BCUT2D eigenvalue weighted by Crippen LogP contribution is -2.28. The highest BCUT2D eigenvalue weighted by atomic mass is 35.5. The monoisotopic (exact) mass is 437 g/mol. The molecule has 160 valence electrons. The molecule has 5 rings (SSSR count). The first kappa shape index (κ1) is 20.1. The minimum atomic E-state index is -0.450. The van der Waals surface area contributed by atoms with E-state index in [0.29, 0.717) is 30.2 Å². The number of benzene rings is 2. The summed E-state index contributed by atoms with van der Waals surface area (Å²) in [5.74, 6) is -0.649. The van der Waals surface area contributed by atoms with Gasteiger partial charge in [0.05, 0.1) is 16.6 Å². The summed E-state index contributed by atoms with van der Waals surface area (Å²) in [6.45, 7) is 1.02. The van der Waals surface area contributed by atoms with Crippen LogP contribution in [0.5, 0.6) is 0 Å². The van der Waals surface area contributed by atoms with Gasteiger partial charge >= 0.3 is 0 Å². The summed E-state index contributed by atoms with van der Waals surface area (Å²) in [5, 5.41) is 3.28. The van der Waals surface area contributed by atoms with E-state index in [9.17, 15) is 14.4 Å². The van der Waals surface area contributed by atoms with E-state index >= 15 is 0 Å². The Kier molecular flexibility index (Phi) is 5.18. The molecule has 31 heavy (non-hydrogen) atoms. The quantitative estimate of drug-likeness (QED) is 0.787. The number of aryl methyl sites for hydroxylation is 2. The normalized spacial score (nSPS) is 20.5. The maximum absolute atomic E-state index is 12.9. The van der Waals surface area contributed by atoms with Gasteiger partial charge in [-0.2, -0.15) is 0 Å². The molecule has 7 heteroatoms. The molecule has 3 aliphatic rings. The molecule has 0 radical (unpaired) electrons. The SMILES string of the molecule is O=C(Nc1cc(N2CCCC2=O)ccc1Cl)C1CC(=O)N(c2ccc3c(c2)CCC3)C1. The van der Waals surface area contributed by atoms with Gasteiger partial charge in [0, 0.05) is 37.3 Å². The van der Waals surface area contributed by atoms with Crippen LogP contribution in [0, 0.1) is 5.92 Å². The molecule has 1 unspecified atom stereocenters. The average Bonchev–Trinajstić information content (AvgIpc) is 3.48. The second-order valence-electron chi connectivity index (χ2n) is 8.51. The van der Waals surface area contributed by atoms with E-state index in [-0.39, 0.29) is 24.1 Å². The fourth-order valence-corrected chi connectivity index (χ4v) is 4.96. The lowest BCUT2D eigenvalue weighted by molar-refractivity contribution is -0.122. The van der Waals surface area contributed by atoms with Crippen molar-refractivity contribution in [1.29, 1.82) is 0 Å². The van der Waals surface area contributed by atoms with E-state index in [0.717, 1.165) is 37.1 Å². The summed E-state index contributed by atoms with van der Waals surface area (Å²) in [4.78, 5) is 41.1. The molecule has 1 aliphatic carbocycles. The van der Waals surface area contributed by atoms with E-state index in [1.165, 1.54) is 11.1 Å². The molecular formula is C24H24ClN3O3. The van der Waals surface area contributed by atoms with E-state index in [1.54, 1.807) is 28.0 Å². The number of anilines is 3. The first-order chi connectivity index (χ1) is 15.0. The molecule has 1 atom stereocenters. The van der Waals surface area contributed by atoms with Gasteiger partial charge in [-0.1, -0.05) is 17.7 Å². The van der Waals surface area contributed by atoms with Crippen LogP contribution in [-0.4, -0.2) is 30.8 Å². The Morgan fingerprint density at radius 3 is 2.48 bits per heavy atom. The molecule has 2 aliphatic heterocycles. The van der Waals surface area contributed by atoms with Gasteiger partial charge in [-0.15, -0.1) is 0 Å². The van der Waals surface area contributed by atoms with Gasteiger partial charge in [-0.3, -0.25) is 14.4 Å². The van der Waals surface area contributed by atoms with Crippen LogP contribution in [0.1, 0.15) is 36.8 Å². The van der Waals surface area contributed by atoms with E-state index in [1.807, 2.05) is 6.07 Å². The number of rotatable bonds is 4. The standard InChI is InChI=1S/C24H24ClN3O3/c25-20-9-8-19(27-10-2-5-22(27)29)13-21(20)26-24(31)17-12-23(30)28(14-17)18-7-6-15-3-1-4-16(15)11-18/h6-9,11,13,17H,1-5,10,12,14H2,(H,26,31). The summed E-state index contributed by atoms with van der Waals surface area (Å²) < 4.78 is 0. The lowest BCUT2D eigenvalue weighted by atomic mass is 10.1. The van der Waals surface area contributed by atoms with Gasteiger partial charge in [0.2, 0.25) is 17.7 Å². The Bertz CT molecular complexity index is 1080. The Labute approximate surface area is 186 Å². The van der Waals surface area contributed by atoms with Crippen molar-refractivity contribution in [2.45, 2.75) is 38.5 Å². The highest BCUT2D eigenvalue weighted by molar-refractivity contribution is 6.34. The molecule has 2 aromatic carbocycles. The summed E-state index contributed by atoms with van der Waals surface area (Å²) >= 11 is 6.30. The Morgan fingerprint density at radius 1 is 0.903 bits per heavy atom. The summed E-state index contributed by atoms with van der Waals surface area (Å²) in [5.41, 5.74) is 4.72. The fraction of sp³-hybridized carbons (Fsp3) is 0.375. The minimum Gasteiger partial charge on any atom is -0.324 e. The number of nitrogens with one attached hydrogen (secondary N) is 1. The average molecular weight is 438 g/mol. The molecule has 0 aromatic heterocycles. The Balaban J connectivity index is 1.30. The van der Waals surface area contributed by atoms with Gasteiger partial charge in [0.1, 0.15) is 0 Å². The third-order valence-corrected chi connectivity index (χ3v) is 6.81. The number of nitrogens with zero attached hydrogens (tertiary/aromatic N) is 2. The van der Waals surface area contributed by atoms with Crippen molar-refractivity contribution < 1.29 is 14.4 Å². The van der Waals surface area contributed by atoms with Gasteiger partial charge < -0.3 is 15.1 Å². The minimum absolute atomic E-state index is 0.0411. The highest BCUT2D eigenvalue weighted by Crippen LogP contribution is 2.33. The number of carbonyl (C=O) groups is 3. The van der Waals surface area contributed by atoms with Crippen molar-refractivity contribution in [3.8, 4) is 0 Å². The zero-order chi connectivity index (χ0) is 21.5. The predicted octanol–water partition coefficient (Wildman–Crippen LogP) is 3.95. The third kappa shape index (κ3) is 3.81. The van der Waals surface area contributed by atoms with Crippen LogP contribution < -0.4 is 15.1 Å². The van der Waals surface area contributed by atoms with Gasteiger partial charge in [-0.25, -0.2) is 0 Å². The van der Waals surface area contributed by atoms with Gasteiger partial charge in [-0.05, 0) is 67.1 Å². The Hall–Kier alpha value is -2.86.